The van der Waals surface area contributed by atoms with Gasteiger partial charge in [-0.3, -0.25) is 4.90 Å². The zero-order valence-electron chi connectivity index (χ0n) is 11.9. The van der Waals surface area contributed by atoms with Crippen molar-refractivity contribution in [3.8, 4) is 0 Å². The lowest BCUT2D eigenvalue weighted by Gasteiger charge is -2.36. The molecule has 0 unspecified atom stereocenters. The van der Waals surface area contributed by atoms with Gasteiger partial charge in [0.15, 0.2) is 0 Å². The number of hydrogen-bond acceptors (Lipinski definition) is 2. The van der Waals surface area contributed by atoms with Crippen molar-refractivity contribution in [1.29, 1.82) is 0 Å². The van der Waals surface area contributed by atoms with Crippen LogP contribution in [0.3, 0.4) is 0 Å². The number of benzene rings is 2. The predicted molar refractivity (Wildman–Crippen MR) is 83.9 cm³/mol. The van der Waals surface area contributed by atoms with Crippen molar-refractivity contribution in [2.75, 3.05) is 26.2 Å². The third kappa shape index (κ3) is 2.23. The smallest absolute Gasteiger partial charge is 0.0383 e. The van der Waals surface area contributed by atoms with Crippen molar-refractivity contribution < 1.29 is 0 Å². The first kappa shape index (κ1) is 12.4. The van der Waals surface area contributed by atoms with E-state index in [0.29, 0.717) is 6.04 Å². The molecule has 2 nitrogen and oxygen atoms in total. The average Bonchev–Trinajstić information content (AvgIpc) is 3.34. The first-order chi connectivity index (χ1) is 9.93. The van der Waals surface area contributed by atoms with Crippen LogP contribution in [0.5, 0.6) is 0 Å². The van der Waals surface area contributed by atoms with E-state index in [9.17, 15) is 0 Å². The van der Waals surface area contributed by atoms with E-state index in [2.05, 4.69) is 52.7 Å². The molecule has 0 aromatic heterocycles. The molecule has 1 aliphatic carbocycles. The van der Waals surface area contributed by atoms with Gasteiger partial charge in [-0.2, -0.15) is 0 Å². The molecule has 1 atom stereocenters. The lowest BCUT2D eigenvalue weighted by atomic mass is 9.94. The average molecular weight is 266 g/mol. The van der Waals surface area contributed by atoms with Gasteiger partial charge in [0.1, 0.15) is 0 Å². The maximum Gasteiger partial charge on any atom is 0.0383 e. The van der Waals surface area contributed by atoms with Gasteiger partial charge in [-0.1, -0.05) is 42.5 Å². The standard InChI is InChI=1S/C18H22N2/c1-2-6-16-14(4-1)5-3-7-17(16)18(15-8-9-15)20-12-10-19-11-13-20/h1-7,15,18-19H,8-13H2/t18-/m1/s1. The van der Waals surface area contributed by atoms with Crippen LogP contribution < -0.4 is 5.32 Å². The summed E-state index contributed by atoms with van der Waals surface area (Å²) >= 11 is 0. The van der Waals surface area contributed by atoms with Crippen LogP contribution in [0.1, 0.15) is 24.4 Å². The molecular formula is C18H22N2. The Morgan fingerprint density at radius 2 is 1.70 bits per heavy atom. The van der Waals surface area contributed by atoms with Gasteiger partial charge in [0.25, 0.3) is 0 Å². The lowest BCUT2D eigenvalue weighted by Crippen LogP contribution is -2.45. The van der Waals surface area contributed by atoms with Crippen molar-refractivity contribution in [2.24, 2.45) is 5.92 Å². The zero-order chi connectivity index (χ0) is 13.4. The zero-order valence-corrected chi connectivity index (χ0v) is 11.9. The molecule has 2 fully saturated rings. The van der Waals surface area contributed by atoms with Crippen LogP contribution in [0.25, 0.3) is 10.8 Å². The van der Waals surface area contributed by atoms with Gasteiger partial charge in [-0.15, -0.1) is 0 Å². The van der Waals surface area contributed by atoms with E-state index in [4.69, 9.17) is 0 Å². The molecular weight excluding hydrogens is 244 g/mol. The van der Waals surface area contributed by atoms with Crippen LogP contribution in [0.15, 0.2) is 42.5 Å². The Kier molecular flexibility index (Phi) is 3.21. The second kappa shape index (κ2) is 5.19. The Bertz CT molecular complexity index is 592. The molecule has 1 heterocycles. The van der Waals surface area contributed by atoms with E-state index in [1.165, 1.54) is 36.7 Å². The molecule has 1 N–H and O–H groups in total. The minimum absolute atomic E-state index is 0.628. The lowest BCUT2D eigenvalue weighted by molar-refractivity contribution is 0.157. The topological polar surface area (TPSA) is 15.3 Å². The summed E-state index contributed by atoms with van der Waals surface area (Å²) in [6.07, 6.45) is 2.80. The van der Waals surface area contributed by atoms with E-state index >= 15 is 0 Å². The van der Waals surface area contributed by atoms with Gasteiger partial charge in [-0.25, -0.2) is 0 Å². The van der Waals surface area contributed by atoms with Gasteiger partial charge >= 0.3 is 0 Å². The van der Waals surface area contributed by atoms with Gasteiger partial charge < -0.3 is 5.32 Å². The van der Waals surface area contributed by atoms with E-state index in [-0.39, 0.29) is 0 Å². The molecule has 20 heavy (non-hydrogen) atoms. The van der Waals surface area contributed by atoms with Crippen LogP contribution in [-0.2, 0) is 0 Å². The second-order valence-corrected chi connectivity index (χ2v) is 6.14. The minimum atomic E-state index is 0.628. The summed E-state index contributed by atoms with van der Waals surface area (Å²) in [5.74, 6) is 0.874. The Hall–Kier alpha value is -1.38. The summed E-state index contributed by atoms with van der Waals surface area (Å²) in [5, 5.41) is 6.31. The fourth-order valence-electron chi connectivity index (χ4n) is 3.63. The fraction of sp³-hybridized carbons (Fsp3) is 0.444. The Morgan fingerprint density at radius 3 is 2.50 bits per heavy atom. The van der Waals surface area contributed by atoms with E-state index in [0.717, 1.165) is 19.0 Å². The third-order valence-corrected chi connectivity index (χ3v) is 4.76. The molecule has 0 radical (unpaired) electrons. The molecule has 4 rings (SSSR count). The van der Waals surface area contributed by atoms with Crippen molar-refractivity contribution in [3.63, 3.8) is 0 Å². The van der Waals surface area contributed by atoms with Gasteiger partial charge in [0.2, 0.25) is 0 Å². The van der Waals surface area contributed by atoms with E-state index in [1.54, 1.807) is 5.56 Å². The van der Waals surface area contributed by atoms with Gasteiger partial charge in [0, 0.05) is 32.2 Å². The van der Waals surface area contributed by atoms with E-state index in [1.807, 2.05) is 0 Å². The summed E-state index contributed by atoms with van der Waals surface area (Å²) in [7, 11) is 0. The minimum Gasteiger partial charge on any atom is -0.314 e. The molecule has 1 saturated carbocycles. The molecule has 1 aliphatic heterocycles. The summed E-state index contributed by atoms with van der Waals surface area (Å²) in [6.45, 7) is 4.64. The normalized spacial score (nSPS) is 22.0. The Balaban J connectivity index is 1.77. The van der Waals surface area contributed by atoms with Crippen LogP contribution in [0.2, 0.25) is 0 Å². The van der Waals surface area contributed by atoms with Gasteiger partial charge in [0.05, 0.1) is 0 Å². The highest BCUT2D eigenvalue weighted by molar-refractivity contribution is 5.86. The SMILES string of the molecule is c1ccc2c([C@@H](C3CC3)N3CCNCC3)cccc2c1. The summed E-state index contributed by atoms with van der Waals surface area (Å²) < 4.78 is 0. The van der Waals surface area contributed by atoms with Crippen molar-refractivity contribution >= 4 is 10.8 Å². The molecule has 2 aromatic carbocycles. The predicted octanol–water partition coefficient (Wildman–Crippen LogP) is 3.20. The highest BCUT2D eigenvalue weighted by Crippen LogP contribution is 2.46. The number of rotatable bonds is 3. The second-order valence-electron chi connectivity index (χ2n) is 6.14. The summed E-state index contributed by atoms with van der Waals surface area (Å²) in [6, 6.07) is 16.3. The monoisotopic (exact) mass is 266 g/mol. The third-order valence-electron chi connectivity index (χ3n) is 4.76. The van der Waals surface area contributed by atoms with E-state index < -0.39 is 0 Å². The van der Waals surface area contributed by atoms with Crippen LogP contribution in [0.4, 0.5) is 0 Å². The molecule has 0 bridgehead atoms. The number of hydrogen-bond donors (Lipinski definition) is 1. The van der Waals surface area contributed by atoms with Crippen molar-refractivity contribution in [2.45, 2.75) is 18.9 Å². The fourth-order valence-corrected chi connectivity index (χ4v) is 3.63. The quantitative estimate of drug-likeness (QED) is 0.918. The Labute approximate surface area is 120 Å². The Morgan fingerprint density at radius 1 is 0.950 bits per heavy atom. The molecule has 0 amide bonds. The van der Waals surface area contributed by atoms with Crippen LogP contribution >= 0.6 is 0 Å². The highest BCUT2D eigenvalue weighted by Gasteiger charge is 2.37. The highest BCUT2D eigenvalue weighted by atomic mass is 15.2. The first-order valence-electron chi connectivity index (χ1n) is 7.86. The van der Waals surface area contributed by atoms with Crippen molar-refractivity contribution in [3.05, 3.63) is 48.0 Å². The number of nitrogens with zero attached hydrogens (tertiary/aromatic N) is 1. The largest absolute Gasteiger partial charge is 0.314 e. The van der Waals surface area contributed by atoms with Crippen molar-refractivity contribution in [1.82, 2.24) is 10.2 Å². The number of nitrogens with one attached hydrogen (secondary N) is 1. The molecule has 2 heteroatoms. The first-order valence-corrected chi connectivity index (χ1v) is 7.86. The number of fused-ring (bicyclic) bond motifs is 1. The number of piperazine rings is 1. The maximum atomic E-state index is 3.48. The molecule has 2 aromatic rings. The molecule has 2 aliphatic rings. The maximum absolute atomic E-state index is 3.48. The summed E-state index contributed by atoms with van der Waals surface area (Å²) in [5.41, 5.74) is 1.55. The van der Waals surface area contributed by atoms with Crippen LogP contribution in [-0.4, -0.2) is 31.1 Å². The van der Waals surface area contributed by atoms with Gasteiger partial charge in [-0.05, 0) is 35.1 Å². The molecule has 1 saturated heterocycles. The summed E-state index contributed by atoms with van der Waals surface area (Å²) in [4.78, 5) is 2.70. The molecule has 104 valence electrons. The molecule has 0 spiro atoms. The van der Waals surface area contributed by atoms with Crippen LogP contribution in [0, 0.1) is 5.92 Å².